The Labute approximate surface area is 158 Å². The molecule has 3 heteroatoms. The minimum atomic E-state index is 0.252. The van der Waals surface area contributed by atoms with Crippen molar-refractivity contribution in [3.63, 3.8) is 0 Å². The van der Waals surface area contributed by atoms with Crippen molar-refractivity contribution >= 4 is 29.6 Å². The van der Waals surface area contributed by atoms with Crippen LogP contribution >= 0.6 is 23.5 Å². The van der Waals surface area contributed by atoms with Gasteiger partial charge in [0.1, 0.15) is 0 Å². The molecule has 0 fully saturated rings. The van der Waals surface area contributed by atoms with Crippen molar-refractivity contribution < 1.29 is 4.74 Å². The highest BCUT2D eigenvalue weighted by Gasteiger charge is 2.17. The number of methoxy groups -OCH3 is 1. The lowest BCUT2D eigenvalue weighted by Gasteiger charge is -2.19. The molecule has 0 aliphatic heterocycles. The number of rotatable bonds is 7. The van der Waals surface area contributed by atoms with Crippen LogP contribution in [0.5, 0.6) is 0 Å². The molecule has 0 bridgehead atoms. The van der Waals surface area contributed by atoms with Crippen molar-refractivity contribution in [2.45, 2.75) is 14.4 Å². The van der Waals surface area contributed by atoms with Crippen LogP contribution in [-0.4, -0.2) is 7.11 Å². The molecule has 25 heavy (non-hydrogen) atoms. The molecule has 3 rings (SSSR count). The van der Waals surface area contributed by atoms with E-state index in [4.69, 9.17) is 4.74 Å². The van der Waals surface area contributed by atoms with E-state index >= 15 is 0 Å². The first-order chi connectivity index (χ1) is 12.4. The summed E-state index contributed by atoms with van der Waals surface area (Å²) in [5, 5.41) is 0. The number of benzene rings is 3. The first kappa shape index (κ1) is 17.7. The second-order valence-corrected chi connectivity index (χ2v) is 8.02. The maximum absolute atomic E-state index is 5.12. The normalized spacial score (nSPS) is 11.1. The van der Waals surface area contributed by atoms with Crippen molar-refractivity contribution in [1.82, 2.24) is 0 Å². The Hall–Kier alpha value is -2.10. The van der Waals surface area contributed by atoms with E-state index in [0.29, 0.717) is 0 Å². The minimum absolute atomic E-state index is 0.252. The molecule has 0 aliphatic carbocycles. The number of hydrogen-bond donors (Lipinski definition) is 0. The summed E-state index contributed by atoms with van der Waals surface area (Å²) in [7, 11) is 1.67. The molecule has 0 atom stereocenters. The van der Waals surface area contributed by atoms with Gasteiger partial charge in [0.25, 0.3) is 0 Å². The molecule has 1 nitrogen and oxygen atoms in total. The molecule has 0 unspecified atom stereocenters. The molecule has 0 radical (unpaired) electrons. The number of thioether (sulfide) groups is 2. The Morgan fingerprint density at radius 1 is 0.720 bits per heavy atom. The van der Waals surface area contributed by atoms with Crippen LogP contribution in [0.3, 0.4) is 0 Å². The van der Waals surface area contributed by atoms with Gasteiger partial charge in [0, 0.05) is 9.79 Å². The van der Waals surface area contributed by atoms with Gasteiger partial charge < -0.3 is 4.74 Å². The highest BCUT2D eigenvalue weighted by atomic mass is 32.2. The molecule has 0 N–H and O–H groups in total. The summed E-state index contributed by atoms with van der Waals surface area (Å²) < 4.78 is 5.38. The van der Waals surface area contributed by atoms with E-state index in [-0.39, 0.29) is 4.58 Å². The number of ether oxygens (including phenoxy) is 1. The average molecular weight is 365 g/mol. The van der Waals surface area contributed by atoms with Crippen molar-refractivity contribution in [3.05, 3.63) is 102 Å². The lowest BCUT2D eigenvalue weighted by molar-refractivity contribution is 0.341. The SMILES string of the molecule is CO/C=C/c1ccccc1C(Sc1ccccc1)Sc1ccccc1. The molecule has 0 heterocycles. The summed E-state index contributed by atoms with van der Waals surface area (Å²) in [5.41, 5.74) is 2.47. The highest BCUT2D eigenvalue weighted by Crippen LogP contribution is 2.48. The Bertz CT molecular complexity index is 759. The van der Waals surface area contributed by atoms with Crippen LogP contribution in [0.1, 0.15) is 15.7 Å². The topological polar surface area (TPSA) is 9.23 Å². The lowest BCUT2D eigenvalue weighted by atomic mass is 10.1. The van der Waals surface area contributed by atoms with Gasteiger partial charge in [-0.25, -0.2) is 0 Å². The third-order valence-corrected chi connectivity index (χ3v) is 6.21. The summed E-state index contributed by atoms with van der Waals surface area (Å²) in [6.45, 7) is 0. The molecule has 0 spiro atoms. The first-order valence-corrected chi connectivity index (χ1v) is 9.84. The maximum Gasteiger partial charge on any atom is 0.0851 e. The molecule has 0 aromatic heterocycles. The van der Waals surface area contributed by atoms with Crippen LogP contribution in [0.25, 0.3) is 6.08 Å². The van der Waals surface area contributed by atoms with Gasteiger partial charge in [0.2, 0.25) is 0 Å². The van der Waals surface area contributed by atoms with Crippen molar-refractivity contribution in [2.75, 3.05) is 7.11 Å². The zero-order chi connectivity index (χ0) is 17.3. The van der Waals surface area contributed by atoms with Gasteiger partial charge in [-0.15, -0.1) is 23.5 Å². The molecule has 0 saturated heterocycles. The Balaban J connectivity index is 1.94. The lowest BCUT2D eigenvalue weighted by Crippen LogP contribution is -1.93. The second kappa shape index (κ2) is 9.40. The number of hydrogen-bond acceptors (Lipinski definition) is 3. The van der Waals surface area contributed by atoms with Gasteiger partial charge in [-0.05, 0) is 41.5 Å². The molecule has 0 amide bonds. The Morgan fingerprint density at radius 3 is 1.80 bits per heavy atom. The zero-order valence-corrected chi connectivity index (χ0v) is 15.7. The molecule has 3 aromatic carbocycles. The van der Waals surface area contributed by atoms with Gasteiger partial charge in [-0.2, -0.15) is 0 Å². The van der Waals surface area contributed by atoms with Crippen LogP contribution in [0.2, 0.25) is 0 Å². The molecule has 3 aromatic rings. The van der Waals surface area contributed by atoms with Gasteiger partial charge in [-0.1, -0.05) is 60.7 Å². The van der Waals surface area contributed by atoms with Crippen LogP contribution in [0, 0.1) is 0 Å². The van der Waals surface area contributed by atoms with E-state index in [1.165, 1.54) is 20.9 Å². The van der Waals surface area contributed by atoms with Gasteiger partial charge in [0.05, 0.1) is 18.0 Å². The largest absolute Gasteiger partial charge is 0.504 e. The molecular weight excluding hydrogens is 344 g/mol. The predicted molar refractivity (Wildman–Crippen MR) is 110 cm³/mol. The zero-order valence-electron chi connectivity index (χ0n) is 14.0. The monoisotopic (exact) mass is 364 g/mol. The predicted octanol–water partition coefficient (Wildman–Crippen LogP) is 6.89. The van der Waals surface area contributed by atoms with Gasteiger partial charge in [-0.3, -0.25) is 0 Å². The van der Waals surface area contributed by atoms with E-state index < -0.39 is 0 Å². The highest BCUT2D eigenvalue weighted by molar-refractivity contribution is 8.16. The third-order valence-electron chi connectivity index (χ3n) is 3.61. The van der Waals surface area contributed by atoms with Gasteiger partial charge in [0.15, 0.2) is 0 Å². The first-order valence-electron chi connectivity index (χ1n) is 8.08. The fourth-order valence-corrected chi connectivity index (χ4v) is 5.08. The smallest absolute Gasteiger partial charge is 0.0851 e. The fraction of sp³-hybridized carbons (Fsp3) is 0.0909. The van der Waals surface area contributed by atoms with Crippen LogP contribution < -0.4 is 0 Å². The summed E-state index contributed by atoms with van der Waals surface area (Å²) in [5.74, 6) is 0. The minimum Gasteiger partial charge on any atom is -0.504 e. The van der Waals surface area contributed by atoms with Crippen LogP contribution in [0.4, 0.5) is 0 Å². The summed E-state index contributed by atoms with van der Waals surface area (Å²) in [6.07, 6.45) is 3.76. The second-order valence-electron chi connectivity index (χ2n) is 5.36. The summed E-state index contributed by atoms with van der Waals surface area (Å²) >= 11 is 3.75. The van der Waals surface area contributed by atoms with E-state index in [1.807, 2.05) is 29.6 Å². The van der Waals surface area contributed by atoms with Crippen molar-refractivity contribution in [2.24, 2.45) is 0 Å². The van der Waals surface area contributed by atoms with E-state index in [1.54, 1.807) is 13.4 Å². The van der Waals surface area contributed by atoms with E-state index in [0.717, 1.165) is 0 Å². The molecular formula is C22H20OS2. The fourth-order valence-electron chi connectivity index (χ4n) is 2.42. The maximum atomic E-state index is 5.12. The average Bonchev–Trinajstić information content (AvgIpc) is 2.68. The molecule has 126 valence electrons. The van der Waals surface area contributed by atoms with E-state index in [2.05, 4.69) is 84.9 Å². The van der Waals surface area contributed by atoms with E-state index in [9.17, 15) is 0 Å². The van der Waals surface area contributed by atoms with Crippen molar-refractivity contribution in [3.8, 4) is 0 Å². The quantitative estimate of drug-likeness (QED) is 0.257. The molecule has 0 aliphatic rings. The summed E-state index contributed by atoms with van der Waals surface area (Å²) in [6, 6.07) is 29.6. The molecule has 0 saturated carbocycles. The van der Waals surface area contributed by atoms with Crippen LogP contribution in [-0.2, 0) is 4.74 Å². The third kappa shape index (κ3) is 5.18. The standard InChI is InChI=1S/C22H20OS2/c1-23-17-16-18-10-8-9-15-21(18)22(24-19-11-4-2-5-12-19)25-20-13-6-3-7-14-20/h2-17,22H,1H3/b17-16+. The Kier molecular flexibility index (Phi) is 6.66. The van der Waals surface area contributed by atoms with Crippen molar-refractivity contribution in [1.29, 1.82) is 0 Å². The van der Waals surface area contributed by atoms with Gasteiger partial charge >= 0.3 is 0 Å². The summed E-state index contributed by atoms with van der Waals surface area (Å²) in [4.78, 5) is 2.53. The Morgan fingerprint density at radius 2 is 1.24 bits per heavy atom. The van der Waals surface area contributed by atoms with Crippen LogP contribution in [0.15, 0.2) is 101 Å².